The summed E-state index contributed by atoms with van der Waals surface area (Å²) in [4.78, 5) is 0. The van der Waals surface area contributed by atoms with Crippen LogP contribution in [0.15, 0.2) is 0 Å². The monoisotopic (exact) mass is 178 g/mol. The van der Waals surface area contributed by atoms with Gasteiger partial charge >= 0.3 is 33.6 Å². The van der Waals surface area contributed by atoms with E-state index in [9.17, 15) is 0 Å². The van der Waals surface area contributed by atoms with E-state index in [2.05, 4.69) is 0 Å². The molecular formula is C4H12Co2. The smallest absolute Gasteiger partial charge is 0.358 e. The molecule has 46 valence electrons. The molecule has 6 heavy (non-hydrogen) atoms. The fourth-order valence-corrected chi connectivity index (χ4v) is 0. The molecule has 0 heterocycles. The molecule has 0 fully saturated rings. The van der Waals surface area contributed by atoms with E-state index in [-0.39, 0.29) is 63.3 Å². The van der Waals surface area contributed by atoms with E-state index >= 15 is 0 Å². The van der Waals surface area contributed by atoms with Crippen LogP contribution in [-0.4, -0.2) is 0 Å². The fourth-order valence-electron chi connectivity index (χ4n) is 0. The average molecular weight is 178 g/mol. The van der Waals surface area contributed by atoms with E-state index in [0.717, 1.165) is 0 Å². The van der Waals surface area contributed by atoms with Gasteiger partial charge in [-0.15, -0.1) is 0 Å². The summed E-state index contributed by atoms with van der Waals surface area (Å²) in [6, 6.07) is 0. The van der Waals surface area contributed by atoms with Gasteiger partial charge in [-0.1, -0.05) is 0 Å². The van der Waals surface area contributed by atoms with Gasteiger partial charge in [-0.2, -0.15) is 0 Å². The van der Waals surface area contributed by atoms with Crippen molar-refractivity contribution in [3.63, 3.8) is 0 Å². The van der Waals surface area contributed by atoms with Gasteiger partial charge in [-0.05, 0) is 0 Å². The molecule has 0 unspecified atom stereocenters. The quantitative estimate of drug-likeness (QED) is 0.496. The van der Waals surface area contributed by atoms with E-state index in [1.807, 2.05) is 0 Å². The summed E-state index contributed by atoms with van der Waals surface area (Å²) in [5, 5.41) is 0. The second kappa shape index (κ2) is 147. The van der Waals surface area contributed by atoms with Gasteiger partial charge < -0.3 is 29.7 Å². The van der Waals surface area contributed by atoms with Crippen molar-refractivity contribution in [1.82, 2.24) is 0 Å². The second-order valence-electron chi connectivity index (χ2n) is 0. The first-order chi connectivity index (χ1) is 0. The summed E-state index contributed by atoms with van der Waals surface area (Å²) in [5.74, 6) is 0. The summed E-state index contributed by atoms with van der Waals surface area (Å²) in [6.45, 7) is 0. The Bertz CT molecular complexity index is 5.51. The zero-order valence-electron chi connectivity index (χ0n) is 4.67. The van der Waals surface area contributed by atoms with Gasteiger partial charge in [0.05, 0.1) is 0 Å². The summed E-state index contributed by atoms with van der Waals surface area (Å²) in [5.41, 5.74) is 0. The Morgan fingerprint density at radius 3 is 0.333 bits per heavy atom. The van der Waals surface area contributed by atoms with Crippen LogP contribution in [0.25, 0.3) is 0 Å². The first kappa shape index (κ1) is 247. The SMILES string of the molecule is [CH3-].[CH3-].[CH3-].[CH3-].[Co+2].[Co+2]. The van der Waals surface area contributed by atoms with Crippen molar-refractivity contribution < 1.29 is 33.6 Å². The molecule has 2 radical (unpaired) electrons. The molecule has 0 amide bonds. The molecule has 0 aromatic rings. The van der Waals surface area contributed by atoms with Gasteiger partial charge in [-0.3, -0.25) is 0 Å². The first-order valence-electron chi connectivity index (χ1n) is 0. The second-order valence-corrected chi connectivity index (χ2v) is 0. The maximum Gasteiger partial charge on any atom is 2.00 e. The molecule has 0 spiro atoms. The molecule has 2 heteroatoms. The van der Waals surface area contributed by atoms with Crippen LogP contribution < -0.4 is 0 Å². The summed E-state index contributed by atoms with van der Waals surface area (Å²) >= 11 is 0. The summed E-state index contributed by atoms with van der Waals surface area (Å²) < 4.78 is 0. The molecule has 0 atom stereocenters. The van der Waals surface area contributed by atoms with Crippen LogP contribution >= 0.6 is 0 Å². The van der Waals surface area contributed by atoms with Crippen molar-refractivity contribution in [3.05, 3.63) is 29.7 Å². The van der Waals surface area contributed by atoms with Gasteiger partial charge in [0.15, 0.2) is 0 Å². The minimum absolute atomic E-state index is 0. The zero-order valence-corrected chi connectivity index (χ0v) is 6.75. The van der Waals surface area contributed by atoms with Crippen molar-refractivity contribution in [1.29, 1.82) is 0 Å². The first-order valence-corrected chi connectivity index (χ1v) is 0. The molecule has 0 rings (SSSR count). The van der Waals surface area contributed by atoms with Crippen molar-refractivity contribution in [2.24, 2.45) is 0 Å². The van der Waals surface area contributed by atoms with Gasteiger partial charge in [-0.25, -0.2) is 0 Å². The summed E-state index contributed by atoms with van der Waals surface area (Å²) in [7, 11) is 0. The Hall–Kier alpha value is 1.01. The van der Waals surface area contributed by atoms with E-state index in [0.29, 0.717) is 0 Å². The van der Waals surface area contributed by atoms with E-state index in [1.165, 1.54) is 0 Å². The van der Waals surface area contributed by atoms with Crippen molar-refractivity contribution in [3.8, 4) is 0 Å². The number of hydrogen-bond donors (Lipinski definition) is 0. The van der Waals surface area contributed by atoms with Crippen LogP contribution in [0.2, 0.25) is 0 Å². The van der Waals surface area contributed by atoms with Crippen LogP contribution in [-0.2, 0) is 33.6 Å². The fraction of sp³-hybridized carbons (Fsp3) is 0. The van der Waals surface area contributed by atoms with Crippen LogP contribution in [0.3, 0.4) is 0 Å². The molecule has 0 saturated heterocycles. The Morgan fingerprint density at radius 1 is 0.333 bits per heavy atom. The minimum Gasteiger partial charge on any atom is -0.358 e. The Labute approximate surface area is 63.5 Å². The third-order valence-corrected chi connectivity index (χ3v) is 0. The van der Waals surface area contributed by atoms with Gasteiger partial charge in [0.25, 0.3) is 0 Å². The predicted molar refractivity (Wildman–Crippen MR) is 25.7 cm³/mol. The van der Waals surface area contributed by atoms with Crippen LogP contribution in [0.5, 0.6) is 0 Å². The molecule has 0 saturated carbocycles. The van der Waals surface area contributed by atoms with Crippen LogP contribution in [0.4, 0.5) is 0 Å². The Morgan fingerprint density at radius 2 is 0.333 bits per heavy atom. The zero-order chi connectivity index (χ0) is 0. The Kier molecular flexibility index (Phi) is 6060. The maximum atomic E-state index is 0. The van der Waals surface area contributed by atoms with E-state index < -0.39 is 0 Å². The Balaban J connectivity index is 0. The van der Waals surface area contributed by atoms with Crippen molar-refractivity contribution in [2.75, 3.05) is 0 Å². The van der Waals surface area contributed by atoms with E-state index in [4.69, 9.17) is 0 Å². The maximum absolute atomic E-state index is 0. The molecule has 0 aromatic carbocycles. The summed E-state index contributed by atoms with van der Waals surface area (Å²) in [6.07, 6.45) is 0. The molecule has 0 bridgehead atoms. The molecule has 0 aliphatic carbocycles. The molecule has 0 nitrogen and oxygen atoms in total. The molecular weight excluding hydrogens is 166 g/mol. The normalized spacial score (nSPS) is 0. The molecule has 0 aromatic heterocycles. The average Bonchev–Trinajstić information content (AvgIpc) is 0. The topological polar surface area (TPSA) is 0 Å². The van der Waals surface area contributed by atoms with Crippen molar-refractivity contribution >= 4 is 0 Å². The van der Waals surface area contributed by atoms with Gasteiger partial charge in [0.2, 0.25) is 0 Å². The standard InChI is InChI=1S/4CH3.2Co/h4*1H3;;/q4*-1;2*+2. The van der Waals surface area contributed by atoms with Gasteiger partial charge in [0.1, 0.15) is 0 Å². The number of hydrogen-bond acceptors (Lipinski definition) is 0. The molecule has 0 N–H and O–H groups in total. The third kappa shape index (κ3) is 78.7. The van der Waals surface area contributed by atoms with Crippen LogP contribution in [0, 0.1) is 29.7 Å². The van der Waals surface area contributed by atoms with Crippen molar-refractivity contribution in [2.45, 2.75) is 0 Å². The largest absolute Gasteiger partial charge is 2.00 e. The molecule has 0 aliphatic rings. The number of rotatable bonds is 0. The van der Waals surface area contributed by atoms with Crippen LogP contribution in [0.1, 0.15) is 0 Å². The predicted octanol–water partition coefficient (Wildman–Crippen LogP) is 1.80. The van der Waals surface area contributed by atoms with E-state index in [1.54, 1.807) is 0 Å². The third-order valence-electron chi connectivity index (χ3n) is 0. The molecule has 0 aliphatic heterocycles. The minimum atomic E-state index is 0. The van der Waals surface area contributed by atoms with Gasteiger partial charge in [0, 0.05) is 0 Å².